The van der Waals surface area contributed by atoms with Gasteiger partial charge in [0.05, 0.1) is 80.0 Å². The van der Waals surface area contributed by atoms with Crippen molar-refractivity contribution in [2.24, 2.45) is 0 Å². The molecule has 0 saturated heterocycles. The Balaban J connectivity index is 0.000000269. The molecule has 0 aliphatic heterocycles. The van der Waals surface area contributed by atoms with E-state index in [4.69, 9.17) is 0 Å². The van der Waals surface area contributed by atoms with E-state index in [1.165, 1.54) is 114 Å². The predicted molar refractivity (Wildman–Crippen MR) is 401 cm³/mol. The molecule has 11 nitrogen and oxygen atoms in total. The molecule has 14 aromatic rings. The zero-order chi connectivity index (χ0) is 59.9. The number of para-hydroxylation sites is 1. The van der Waals surface area contributed by atoms with E-state index in [2.05, 4.69) is 240 Å². The predicted octanol–water partition coefficient (Wildman–Crippen LogP) is 24.7. The average Bonchev–Trinajstić information content (AvgIpc) is 4.07. The van der Waals surface area contributed by atoms with Crippen molar-refractivity contribution in [3.8, 4) is 0 Å². The molecule has 0 amide bonds. The van der Waals surface area contributed by atoms with Gasteiger partial charge in [0.2, 0.25) is 0 Å². The SMILES string of the molecule is C.C.C.C.C.CC(C)c1ccc2ncsc2c1.CC(C)c1ccc2nnsc2c1.CC(C)c1ccc2nsnc2c1.CC(C)c1ccc2scnc2c1.CC(C)c1cccc2nnsc12.CC(C)c1cccc2nsnc12.CC(C)c1cccc2scnc12. The van der Waals surface area contributed by atoms with Crippen LogP contribution in [0, 0.1) is 0 Å². The van der Waals surface area contributed by atoms with Crippen LogP contribution in [-0.4, -0.2) is 51.6 Å². The highest BCUT2D eigenvalue weighted by Gasteiger charge is 2.10. The van der Waals surface area contributed by atoms with Gasteiger partial charge in [0.1, 0.15) is 33.1 Å². The minimum Gasteiger partial charge on any atom is -0.245 e. The van der Waals surface area contributed by atoms with E-state index in [9.17, 15) is 0 Å². The number of nitrogens with zero attached hydrogens (tertiary/aromatic N) is 11. The summed E-state index contributed by atoms with van der Waals surface area (Å²) in [5.41, 5.74) is 24.7. The average molecular weight is 1330 g/mol. The second kappa shape index (κ2) is 37.0. The molecule has 7 aromatic carbocycles. The number of hydrogen-bond donors (Lipinski definition) is 0. The lowest BCUT2D eigenvalue weighted by Crippen LogP contribution is -1.87. The van der Waals surface area contributed by atoms with Crippen molar-refractivity contribution >= 4 is 154 Å². The number of aromatic nitrogens is 11. The van der Waals surface area contributed by atoms with Gasteiger partial charge in [-0.1, -0.05) is 204 Å². The second-order valence-electron chi connectivity index (χ2n) is 22.2. The smallest absolute Gasteiger partial charge is 0.108 e. The molecule has 0 unspecified atom stereocenters. The first-order valence-electron chi connectivity index (χ1n) is 28.3. The van der Waals surface area contributed by atoms with E-state index < -0.39 is 0 Å². The zero-order valence-corrected chi connectivity index (χ0v) is 55.9. The number of hydrogen-bond acceptors (Lipinski definition) is 18. The third-order valence-electron chi connectivity index (χ3n) is 13.8. The summed E-state index contributed by atoms with van der Waals surface area (Å²) < 4.78 is 30.9. The molecule has 0 saturated carbocycles. The van der Waals surface area contributed by atoms with Gasteiger partial charge in [0.25, 0.3) is 0 Å². The Morgan fingerprint density at radius 3 is 1.36 bits per heavy atom. The number of fused-ring (bicyclic) bond motifs is 7. The van der Waals surface area contributed by atoms with E-state index in [0.29, 0.717) is 41.4 Å². The van der Waals surface area contributed by atoms with Gasteiger partial charge in [-0.3, -0.25) is 0 Å². The first-order valence-corrected chi connectivity index (χ1v) is 33.9. The monoisotopic (exact) mass is 1320 g/mol. The summed E-state index contributed by atoms with van der Waals surface area (Å²) in [6.07, 6.45) is 0. The van der Waals surface area contributed by atoms with Gasteiger partial charge in [-0.15, -0.1) is 44.2 Å². The summed E-state index contributed by atoms with van der Waals surface area (Å²) in [6.45, 7) is 30.7. The van der Waals surface area contributed by atoms with E-state index in [0.717, 1.165) is 44.1 Å². The van der Waals surface area contributed by atoms with Crippen molar-refractivity contribution in [2.75, 3.05) is 0 Å². The quantitative estimate of drug-likeness (QED) is 0.150. The Hall–Kier alpha value is -6.51. The summed E-state index contributed by atoms with van der Waals surface area (Å²) in [6, 6.07) is 44.4. The molecule has 0 aliphatic rings. The largest absolute Gasteiger partial charge is 0.245 e. The Labute approximate surface area is 559 Å². The summed E-state index contributed by atoms with van der Waals surface area (Å²) in [4.78, 5) is 12.9. The topological polar surface area (TPSA) is 142 Å². The molecule has 0 N–H and O–H groups in total. The van der Waals surface area contributed by atoms with Crippen molar-refractivity contribution in [1.82, 2.24) is 51.6 Å². The van der Waals surface area contributed by atoms with Gasteiger partial charge in [-0.05, 0) is 170 Å². The molecule has 7 heterocycles. The molecule has 0 radical (unpaired) electrons. The van der Waals surface area contributed by atoms with E-state index in [-0.39, 0.29) is 37.1 Å². The van der Waals surface area contributed by atoms with Crippen LogP contribution in [0.25, 0.3) is 73.1 Å². The molecule has 474 valence electrons. The molecular formula is C71H93N11S7. The standard InChI is InChI=1S/3C10H11NS.4C9H10N2S.5CH4/c1-7(2)8-3-4-10-9(5-8)11-6-12-10;1-7(2)8-3-4-9-10(5-8)12-6-11-9;1-7(2)8-4-3-5-9-10(8)11-6-12-9;1-6(2)7-3-4-8-9(5-7)12-11-10-8;1-6(2)7-3-4-8-9(5-7)11-12-10-8;1-6(2)7-4-3-5-8-9(7)12-11-10-8;1-6(2)7-4-3-5-8-9(7)11-12-10-8;;;;;/h3*3-7H,1-2H3;4*3-6H,1-2H3;5*1H4. The number of rotatable bonds is 7. The first-order chi connectivity index (χ1) is 40.4. The minimum atomic E-state index is 0. The number of thiazole rings is 3. The highest BCUT2D eigenvalue weighted by molar-refractivity contribution is 7.17. The molecule has 0 spiro atoms. The zero-order valence-electron chi connectivity index (χ0n) is 50.2. The fraction of sp³-hybridized carbons (Fsp3) is 0.366. The van der Waals surface area contributed by atoms with Crippen molar-refractivity contribution in [3.63, 3.8) is 0 Å². The lowest BCUT2D eigenvalue weighted by Gasteiger charge is -2.04. The first kappa shape index (κ1) is 76.7. The van der Waals surface area contributed by atoms with E-state index >= 15 is 0 Å². The van der Waals surface area contributed by atoms with Crippen LogP contribution in [0.4, 0.5) is 0 Å². The van der Waals surface area contributed by atoms with Gasteiger partial charge in [-0.2, -0.15) is 17.5 Å². The lowest BCUT2D eigenvalue weighted by atomic mass is 10.0. The van der Waals surface area contributed by atoms with Crippen molar-refractivity contribution < 1.29 is 0 Å². The van der Waals surface area contributed by atoms with Crippen LogP contribution < -0.4 is 0 Å². The van der Waals surface area contributed by atoms with Crippen LogP contribution in [-0.2, 0) is 0 Å². The van der Waals surface area contributed by atoms with Crippen LogP contribution in [0.15, 0.2) is 144 Å². The van der Waals surface area contributed by atoms with Crippen LogP contribution >= 0.6 is 80.5 Å². The van der Waals surface area contributed by atoms with Crippen molar-refractivity contribution in [2.45, 2.75) is 175 Å². The molecule has 7 aromatic heterocycles. The fourth-order valence-electron chi connectivity index (χ4n) is 8.72. The highest BCUT2D eigenvalue weighted by Crippen LogP contribution is 2.30. The van der Waals surface area contributed by atoms with E-state index in [1.54, 1.807) is 34.0 Å². The Bertz CT molecular complexity index is 3770. The normalized spacial score (nSPS) is 10.6. The van der Waals surface area contributed by atoms with Gasteiger partial charge >= 0.3 is 0 Å². The maximum absolute atomic E-state index is 4.36. The molecule has 0 atom stereocenters. The Morgan fingerprint density at radius 2 is 0.730 bits per heavy atom. The van der Waals surface area contributed by atoms with Crippen molar-refractivity contribution in [1.29, 1.82) is 0 Å². The Kier molecular flexibility index (Phi) is 31.9. The summed E-state index contributed by atoms with van der Waals surface area (Å²) in [5.74, 6) is 3.99. The minimum absolute atomic E-state index is 0. The van der Waals surface area contributed by atoms with Gasteiger partial charge < -0.3 is 0 Å². The van der Waals surface area contributed by atoms with Crippen LogP contribution in [0.2, 0.25) is 0 Å². The van der Waals surface area contributed by atoms with Gasteiger partial charge in [0.15, 0.2) is 0 Å². The van der Waals surface area contributed by atoms with Crippen molar-refractivity contribution in [3.05, 3.63) is 183 Å². The summed E-state index contributed by atoms with van der Waals surface area (Å²) in [7, 11) is 0. The van der Waals surface area contributed by atoms with Crippen LogP contribution in [0.3, 0.4) is 0 Å². The maximum Gasteiger partial charge on any atom is 0.108 e. The van der Waals surface area contributed by atoms with Crippen LogP contribution in [0.1, 0.15) is 214 Å². The molecule has 0 fully saturated rings. The van der Waals surface area contributed by atoms with Crippen LogP contribution in [0.5, 0.6) is 0 Å². The highest BCUT2D eigenvalue weighted by atomic mass is 32.1. The summed E-state index contributed by atoms with van der Waals surface area (Å²) in [5, 5.41) is 8.02. The summed E-state index contributed by atoms with van der Waals surface area (Å²) >= 11 is 10.6. The third kappa shape index (κ3) is 20.8. The molecule has 18 heteroatoms. The second-order valence-corrected chi connectivity index (χ2v) is 27.5. The molecule has 14 rings (SSSR count). The van der Waals surface area contributed by atoms with E-state index in [1.807, 2.05) is 52.9 Å². The number of benzene rings is 7. The Morgan fingerprint density at radius 1 is 0.292 bits per heavy atom. The molecule has 0 aliphatic carbocycles. The third-order valence-corrected chi connectivity index (χ3v) is 18.8. The fourth-order valence-corrected chi connectivity index (χ4v) is 13.3. The molecule has 89 heavy (non-hydrogen) atoms. The molecular weight excluding hydrogens is 1230 g/mol. The van der Waals surface area contributed by atoms with Gasteiger partial charge in [0, 0.05) is 0 Å². The maximum atomic E-state index is 4.36. The lowest BCUT2D eigenvalue weighted by molar-refractivity contribution is 0.868. The van der Waals surface area contributed by atoms with Gasteiger partial charge in [-0.25, -0.2) is 15.0 Å². The molecule has 0 bridgehead atoms.